The molecule has 0 bridgehead atoms. The lowest BCUT2D eigenvalue weighted by Crippen LogP contribution is -2.09. The van der Waals surface area contributed by atoms with E-state index in [1.165, 1.54) is 5.69 Å². The van der Waals surface area contributed by atoms with Crippen molar-refractivity contribution in [1.29, 1.82) is 0 Å². The van der Waals surface area contributed by atoms with Crippen molar-refractivity contribution in [2.45, 2.75) is 46.1 Å². The second-order valence-corrected chi connectivity index (χ2v) is 4.54. The predicted octanol–water partition coefficient (Wildman–Crippen LogP) is 3.16. The molecule has 17 heavy (non-hydrogen) atoms. The van der Waals surface area contributed by atoms with Crippen molar-refractivity contribution in [2.75, 3.05) is 13.7 Å². The first-order chi connectivity index (χ1) is 8.15. The van der Waals surface area contributed by atoms with E-state index >= 15 is 0 Å². The summed E-state index contributed by atoms with van der Waals surface area (Å²) in [5.74, 6) is 0.491. The van der Waals surface area contributed by atoms with Gasteiger partial charge in [-0.2, -0.15) is 0 Å². The van der Waals surface area contributed by atoms with Gasteiger partial charge in [0.1, 0.15) is 0 Å². The standard InChI is InChI=1S/C14H23NO2/c1-5-11(2)14-9-13(10-16)12(3)15(14)7-6-8-17-4/h9-11H,5-8H2,1-4H3. The number of hydrogen-bond donors (Lipinski definition) is 0. The molecule has 1 rings (SSSR count). The van der Waals surface area contributed by atoms with Gasteiger partial charge in [-0.05, 0) is 31.7 Å². The molecular weight excluding hydrogens is 214 g/mol. The number of aromatic nitrogens is 1. The molecule has 0 aliphatic carbocycles. The average molecular weight is 237 g/mol. The van der Waals surface area contributed by atoms with E-state index in [-0.39, 0.29) is 0 Å². The highest BCUT2D eigenvalue weighted by molar-refractivity contribution is 5.77. The molecule has 1 unspecified atom stereocenters. The van der Waals surface area contributed by atoms with Crippen LogP contribution in [0.1, 0.15) is 54.4 Å². The summed E-state index contributed by atoms with van der Waals surface area (Å²) in [6, 6.07) is 2.03. The Morgan fingerprint density at radius 2 is 2.24 bits per heavy atom. The van der Waals surface area contributed by atoms with E-state index in [0.29, 0.717) is 5.92 Å². The van der Waals surface area contributed by atoms with Crippen LogP contribution < -0.4 is 0 Å². The fraction of sp³-hybridized carbons (Fsp3) is 0.643. The summed E-state index contributed by atoms with van der Waals surface area (Å²) in [6.07, 6.45) is 3.02. The molecule has 1 atom stereocenters. The fourth-order valence-corrected chi connectivity index (χ4v) is 2.09. The third-order valence-electron chi connectivity index (χ3n) is 3.41. The van der Waals surface area contributed by atoms with Crippen LogP contribution in [0.3, 0.4) is 0 Å². The minimum atomic E-state index is 0.491. The minimum absolute atomic E-state index is 0.491. The van der Waals surface area contributed by atoms with Gasteiger partial charge >= 0.3 is 0 Å². The van der Waals surface area contributed by atoms with Crippen LogP contribution in [0.25, 0.3) is 0 Å². The summed E-state index contributed by atoms with van der Waals surface area (Å²) in [7, 11) is 1.72. The van der Waals surface area contributed by atoms with E-state index in [2.05, 4.69) is 18.4 Å². The SMILES string of the molecule is CCC(C)c1cc(C=O)c(C)n1CCCOC. The Morgan fingerprint density at radius 3 is 2.76 bits per heavy atom. The van der Waals surface area contributed by atoms with Gasteiger partial charge in [0.2, 0.25) is 0 Å². The molecule has 3 heteroatoms. The summed E-state index contributed by atoms with van der Waals surface area (Å²) >= 11 is 0. The first-order valence-electron chi connectivity index (χ1n) is 6.29. The summed E-state index contributed by atoms with van der Waals surface area (Å²) in [5.41, 5.74) is 3.16. The number of carbonyl (C=O) groups is 1. The molecule has 0 N–H and O–H groups in total. The zero-order chi connectivity index (χ0) is 12.8. The molecule has 0 aliphatic rings. The van der Waals surface area contributed by atoms with Crippen LogP contribution in [0.2, 0.25) is 0 Å². The van der Waals surface area contributed by atoms with Crippen molar-refractivity contribution in [1.82, 2.24) is 4.57 Å². The van der Waals surface area contributed by atoms with Crippen LogP contribution in [0.5, 0.6) is 0 Å². The van der Waals surface area contributed by atoms with Crippen molar-refractivity contribution in [2.24, 2.45) is 0 Å². The second kappa shape index (κ2) is 6.60. The van der Waals surface area contributed by atoms with Crippen molar-refractivity contribution in [3.05, 3.63) is 23.0 Å². The smallest absolute Gasteiger partial charge is 0.151 e. The van der Waals surface area contributed by atoms with E-state index in [0.717, 1.165) is 43.5 Å². The highest BCUT2D eigenvalue weighted by Crippen LogP contribution is 2.24. The molecule has 96 valence electrons. The maximum Gasteiger partial charge on any atom is 0.151 e. The lowest BCUT2D eigenvalue weighted by molar-refractivity contribution is 0.112. The topological polar surface area (TPSA) is 31.2 Å². The van der Waals surface area contributed by atoms with E-state index in [9.17, 15) is 4.79 Å². The van der Waals surface area contributed by atoms with Crippen molar-refractivity contribution < 1.29 is 9.53 Å². The number of carbonyl (C=O) groups excluding carboxylic acids is 1. The molecular formula is C14H23NO2. The Morgan fingerprint density at radius 1 is 1.53 bits per heavy atom. The van der Waals surface area contributed by atoms with Gasteiger partial charge in [0.05, 0.1) is 0 Å². The summed E-state index contributed by atoms with van der Waals surface area (Å²) in [5, 5.41) is 0. The summed E-state index contributed by atoms with van der Waals surface area (Å²) < 4.78 is 7.34. The van der Waals surface area contributed by atoms with Gasteiger partial charge in [-0.15, -0.1) is 0 Å². The lowest BCUT2D eigenvalue weighted by Gasteiger charge is -2.15. The Bertz CT molecular complexity index is 369. The number of ether oxygens (including phenoxy) is 1. The third kappa shape index (κ3) is 3.19. The van der Waals surface area contributed by atoms with Gasteiger partial charge in [0.15, 0.2) is 6.29 Å². The molecule has 0 aromatic carbocycles. The molecule has 0 saturated carbocycles. The number of hydrogen-bond acceptors (Lipinski definition) is 2. The molecule has 0 aliphatic heterocycles. The monoisotopic (exact) mass is 237 g/mol. The highest BCUT2D eigenvalue weighted by Gasteiger charge is 2.14. The van der Waals surface area contributed by atoms with Crippen LogP contribution in [-0.4, -0.2) is 24.6 Å². The van der Waals surface area contributed by atoms with Crippen LogP contribution in [-0.2, 0) is 11.3 Å². The predicted molar refractivity (Wildman–Crippen MR) is 69.8 cm³/mol. The normalized spacial score (nSPS) is 12.7. The highest BCUT2D eigenvalue weighted by atomic mass is 16.5. The number of aldehydes is 1. The van der Waals surface area contributed by atoms with Crippen molar-refractivity contribution >= 4 is 6.29 Å². The Hall–Kier alpha value is -1.09. The van der Waals surface area contributed by atoms with E-state index in [4.69, 9.17) is 4.74 Å². The van der Waals surface area contributed by atoms with Crippen LogP contribution in [0, 0.1) is 6.92 Å². The van der Waals surface area contributed by atoms with Gasteiger partial charge in [-0.25, -0.2) is 0 Å². The molecule has 0 amide bonds. The van der Waals surface area contributed by atoms with E-state index in [1.54, 1.807) is 7.11 Å². The quantitative estimate of drug-likeness (QED) is 0.539. The first-order valence-corrected chi connectivity index (χ1v) is 6.29. The third-order valence-corrected chi connectivity index (χ3v) is 3.41. The Labute approximate surface area is 104 Å². The molecule has 1 heterocycles. The molecule has 3 nitrogen and oxygen atoms in total. The number of nitrogens with zero attached hydrogens (tertiary/aromatic N) is 1. The van der Waals surface area contributed by atoms with E-state index in [1.807, 2.05) is 13.0 Å². The zero-order valence-electron chi connectivity index (χ0n) is 11.3. The van der Waals surface area contributed by atoms with Gasteiger partial charge < -0.3 is 9.30 Å². The molecule has 0 saturated heterocycles. The summed E-state index contributed by atoms with van der Waals surface area (Å²) in [6.45, 7) is 8.08. The average Bonchev–Trinajstić information content (AvgIpc) is 2.66. The molecule has 0 spiro atoms. The molecule has 0 fully saturated rings. The minimum Gasteiger partial charge on any atom is -0.385 e. The summed E-state index contributed by atoms with van der Waals surface area (Å²) in [4.78, 5) is 11.0. The van der Waals surface area contributed by atoms with Gasteiger partial charge in [0.25, 0.3) is 0 Å². The maximum absolute atomic E-state index is 11.0. The van der Waals surface area contributed by atoms with Crippen molar-refractivity contribution in [3.63, 3.8) is 0 Å². The van der Waals surface area contributed by atoms with E-state index < -0.39 is 0 Å². The Balaban J connectivity index is 2.97. The maximum atomic E-state index is 11.0. The van der Waals surface area contributed by atoms with Crippen LogP contribution >= 0.6 is 0 Å². The van der Waals surface area contributed by atoms with Gasteiger partial charge in [0, 0.05) is 37.2 Å². The zero-order valence-corrected chi connectivity index (χ0v) is 11.3. The molecule has 1 aromatic rings. The number of methoxy groups -OCH3 is 1. The van der Waals surface area contributed by atoms with Crippen LogP contribution in [0.15, 0.2) is 6.07 Å². The second-order valence-electron chi connectivity index (χ2n) is 4.54. The Kier molecular flexibility index (Phi) is 5.42. The van der Waals surface area contributed by atoms with Gasteiger partial charge in [-0.3, -0.25) is 4.79 Å². The molecule has 1 aromatic heterocycles. The first kappa shape index (κ1) is 14.0. The van der Waals surface area contributed by atoms with Gasteiger partial charge in [-0.1, -0.05) is 13.8 Å². The molecule has 0 radical (unpaired) electrons. The lowest BCUT2D eigenvalue weighted by atomic mass is 10.0. The largest absolute Gasteiger partial charge is 0.385 e. The fourth-order valence-electron chi connectivity index (χ4n) is 2.09. The number of rotatable bonds is 7. The van der Waals surface area contributed by atoms with Crippen molar-refractivity contribution in [3.8, 4) is 0 Å². The van der Waals surface area contributed by atoms with Crippen LogP contribution in [0.4, 0.5) is 0 Å².